The van der Waals surface area contributed by atoms with E-state index in [0.29, 0.717) is 12.4 Å². The van der Waals surface area contributed by atoms with Gasteiger partial charge in [0.25, 0.3) is 0 Å². The third-order valence-corrected chi connectivity index (χ3v) is 5.64. The molecule has 2 aliphatic heterocycles. The summed E-state index contributed by atoms with van der Waals surface area (Å²) in [7, 11) is 1.26. The molecule has 0 spiro atoms. The van der Waals surface area contributed by atoms with Gasteiger partial charge in [-0.3, -0.25) is 9.79 Å². The Hall–Kier alpha value is -1.86. The number of amidine groups is 1. The molecule has 3 rings (SSSR count). The van der Waals surface area contributed by atoms with Gasteiger partial charge in [0, 0.05) is 7.05 Å². The zero-order chi connectivity index (χ0) is 19.3. The Morgan fingerprint density at radius 2 is 1.85 bits per heavy atom. The van der Waals surface area contributed by atoms with Crippen molar-refractivity contribution >= 4 is 29.9 Å². The molecule has 0 unspecified atom stereocenters. The lowest BCUT2D eigenvalue weighted by atomic mass is 9.78. The van der Waals surface area contributed by atoms with Crippen LogP contribution in [0.25, 0.3) is 0 Å². The Labute approximate surface area is 155 Å². The number of aliphatic imine (C=N–C) groups is 1. The molecule has 0 saturated carbocycles. The fourth-order valence-electron chi connectivity index (χ4n) is 3.11. The van der Waals surface area contributed by atoms with E-state index >= 15 is 0 Å². The van der Waals surface area contributed by atoms with Crippen LogP contribution >= 0.6 is 0 Å². The molecule has 1 fully saturated rings. The Kier molecular flexibility index (Phi) is 4.65. The second-order valence-corrected chi connectivity index (χ2v) is 7.90. The van der Waals surface area contributed by atoms with Gasteiger partial charge in [-0.1, -0.05) is 6.07 Å². The Morgan fingerprint density at radius 3 is 2.38 bits per heavy atom. The number of benzene rings is 1. The highest BCUT2D eigenvalue weighted by atomic mass is 16.7. The number of Topliss-reactive ketones (excluding diaryl/α,β-unsaturated/α-hetero) is 1. The third-order valence-electron chi connectivity index (χ3n) is 5.64. The number of hydrogen-bond acceptors (Lipinski definition) is 5. The number of ether oxygens (including phenoxy) is 1. The number of fused-ring (bicyclic) bond motifs is 1. The van der Waals surface area contributed by atoms with Gasteiger partial charge in [-0.05, 0) is 59.1 Å². The van der Waals surface area contributed by atoms with Gasteiger partial charge in [-0.2, -0.15) is 0 Å². The van der Waals surface area contributed by atoms with Crippen LogP contribution in [0.15, 0.2) is 23.2 Å². The van der Waals surface area contributed by atoms with Crippen molar-refractivity contribution in [3.05, 3.63) is 18.2 Å². The van der Waals surface area contributed by atoms with Crippen LogP contribution < -0.4 is 15.1 Å². The smallest absolute Gasteiger partial charge is 0.484 e. The summed E-state index contributed by atoms with van der Waals surface area (Å²) in [5, 5.41) is 0. The summed E-state index contributed by atoms with van der Waals surface area (Å²) in [6, 6.07) is 5.53. The molecule has 0 bridgehead atoms. The minimum Gasteiger partial charge on any atom is -0.484 e. The highest BCUT2D eigenvalue weighted by Crippen LogP contribution is 2.38. The summed E-state index contributed by atoms with van der Waals surface area (Å²) in [4.78, 5) is 18.2. The molecule has 2 heterocycles. The quantitative estimate of drug-likeness (QED) is 0.776. The molecular weight excluding hydrogens is 331 g/mol. The minimum atomic E-state index is -0.450. The van der Waals surface area contributed by atoms with Crippen LogP contribution in [0.5, 0.6) is 5.75 Å². The van der Waals surface area contributed by atoms with Crippen LogP contribution in [0.2, 0.25) is 0 Å². The molecule has 6 nitrogen and oxygen atoms in total. The molecule has 0 aliphatic carbocycles. The highest BCUT2D eigenvalue weighted by Gasteiger charge is 2.52. The number of carbonyl (C=O) groups is 1. The molecule has 1 saturated heterocycles. The van der Waals surface area contributed by atoms with Crippen LogP contribution in [-0.4, -0.2) is 49.6 Å². The van der Waals surface area contributed by atoms with E-state index in [0.717, 1.165) is 17.0 Å². The van der Waals surface area contributed by atoms with E-state index in [1.165, 1.54) is 0 Å². The van der Waals surface area contributed by atoms with Gasteiger partial charge in [0.05, 0.1) is 22.9 Å². The van der Waals surface area contributed by atoms with E-state index in [-0.39, 0.29) is 11.8 Å². The van der Waals surface area contributed by atoms with Crippen molar-refractivity contribution in [3.8, 4) is 5.75 Å². The van der Waals surface area contributed by atoms with E-state index in [2.05, 4.69) is 4.99 Å². The van der Waals surface area contributed by atoms with Gasteiger partial charge >= 0.3 is 7.12 Å². The van der Waals surface area contributed by atoms with Crippen molar-refractivity contribution in [1.82, 2.24) is 0 Å². The van der Waals surface area contributed by atoms with Crippen molar-refractivity contribution in [3.63, 3.8) is 0 Å². The molecule has 1 aromatic rings. The lowest BCUT2D eigenvalue weighted by Gasteiger charge is -2.35. The molecule has 0 N–H and O–H groups in total. The fraction of sp³-hybridized carbons (Fsp3) is 0.579. The average Bonchev–Trinajstić information content (AvgIpc) is 2.80. The largest absolute Gasteiger partial charge is 0.494 e. The van der Waals surface area contributed by atoms with E-state index in [1.807, 2.05) is 57.7 Å². The van der Waals surface area contributed by atoms with E-state index in [1.54, 1.807) is 14.0 Å². The first-order valence-electron chi connectivity index (χ1n) is 8.95. The number of nitrogens with zero attached hydrogens (tertiary/aromatic N) is 2. The van der Waals surface area contributed by atoms with E-state index < -0.39 is 18.3 Å². The predicted molar refractivity (Wildman–Crippen MR) is 104 cm³/mol. The monoisotopic (exact) mass is 358 g/mol. The minimum absolute atomic E-state index is 0.0778. The maximum atomic E-state index is 12.0. The second-order valence-electron chi connectivity index (χ2n) is 7.90. The average molecular weight is 358 g/mol. The summed E-state index contributed by atoms with van der Waals surface area (Å²) in [6.07, 6.45) is 0. The maximum absolute atomic E-state index is 12.0. The van der Waals surface area contributed by atoms with Crippen molar-refractivity contribution in [2.24, 2.45) is 4.99 Å². The van der Waals surface area contributed by atoms with Gasteiger partial charge in [0.15, 0.2) is 5.78 Å². The van der Waals surface area contributed by atoms with Crippen LogP contribution in [0.3, 0.4) is 0 Å². The molecule has 26 heavy (non-hydrogen) atoms. The summed E-state index contributed by atoms with van der Waals surface area (Å²) in [5.41, 5.74) is 0.937. The summed E-state index contributed by atoms with van der Waals surface area (Å²) < 4.78 is 18.1. The zero-order valence-corrected chi connectivity index (χ0v) is 16.6. The number of ketones is 1. The van der Waals surface area contributed by atoms with E-state index in [9.17, 15) is 4.79 Å². The van der Waals surface area contributed by atoms with Crippen molar-refractivity contribution in [2.45, 2.75) is 58.8 Å². The Balaban J connectivity index is 1.96. The second kappa shape index (κ2) is 6.39. The molecule has 140 valence electrons. The molecule has 0 aromatic heterocycles. The zero-order valence-electron chi connectivity index (χ0n) is 16.6. The van der Waals surface area contributed by atoms with Crippen molar-refractivity contribution in [2.75, 3.05) is 18.6 Å². The van der Waals surface area contributed by atoms with Gasteiger partial charge < -0.3 is 18.9 Å². The first kappa shape index (κ1) is 18.9. The Bertz CT molecular complexity index is 744. The predicted octanol–water partition coefficient (Wildman–Crippen LogP) is 2.19. The molecule has 1 aromatic carbocycles. The fourth-order valence-corrected chi connectivity index (χ4v) is 3.11. The van der Waals surface area contributed by atoms with Crippen LogP contribution in [-0.2, 0) is 14.1 Å². The molecule has 0 radical (unpaired) electrons. The lowest BCUT2D eigenvalue weighted by Crippen LogP contribution is -2.48. The number of hydrogen-bond donors (Lipinski definition) is 0. The van der Waals surface area contributed by atoms with Gasteiger partial charge in [-0.25, -0.2) is 0 Å². The van der Waals surface area contributed by atoms with Crippen molar-refractivity contribution < 1.29 is 18.8 Å². The van der Waals surface area contributed by atoms with E-state index in [4.69, 9.17) is 14.0 Å². The first-order chi connectivity index (χ1) is 12.1. The molecule has 2 aliphatic rings. The normalized spacial score (nSPS) is 23.6. The van der Waals surface area contributed by atoms with Crippen molar-refractivity contribution in [1.29, 1.82) is 0 Å². The molecule has 1 atom stereocenters. The molecule has 7 heteroatoms. The summed E-state index contributed by atoms with van der Waals surface area (Å²) in [6.45, 7) is 11.9. The Morgan fingerprint density at radius 1 is 1.23 bits per heavy atom. The van der Waals surface area contributed by atoms with Gasteiger partial charge in [-0.15, -0.1) is 0 Å². The topological polar surface area (TPSA) is 60.4 Å². The number of rotatable bonds is 3. The van der Waals surface area contributed by atoms with Crippen LogP contribution in [0.4, 0.5) is 5.69 Å². The van der Waals surface area contributed by atoms with Crippen LogP contribution in [0, 0.1) is 0 Å². The highest BCUT2D eigenvalue weighted by molar-refractivity contribution is 6.62. The standard InChI is InChI=1S/C19H27BN2O4/c1-12(13(2)23)22-15-9-8-14(10-16(15)24-11-17(22)21-7)20-25-18(3,4)19(5,6)26-20/h8-10,12H,11H2,1-7H3/t12-/m1/s1. The third kappa shape index (κ3) is 3.03. The SMILES string of the molecule is CN=C1COc2cc(B3OC(C)(C)C(C)(C)O3)ccc2N1[C@H](C)C(C)=O. The number of carbonyl (C=O) groups excluding carboxylic acids is 1. The maximum Gasteiger partial charge on any atom is 0.494 e. The number of anilines is 1. The van der Waals surface area contributed by atoms with Crippen LogP contribution in [0.1, 0.15) is 41.5 Å². The molecule has 0 amide bonds. The summed E-state index contributed by atoms with van der Waals surface area (Å²) in [5.74, 6) is 1.52. The van der Waals surface area contributed by atoms with Gasteiger partial charge in [0.2, 0.25) is 0 Å². The van der Waals surface area contributed by atoms with Gasteiger partial charge in [0.1, 0.15) is 18.2 Å². The lowest BCUT2D eigenvalue weighted by molar-refractivity contribution is -0.117. The summed E-state index contributed by atoms with van der Waals surface area (Å²) >= 11 is 0. The molecular formula is C19H27BN2O4. The first-order valence-corrected chi connectivity index (χ1v) is 8.95.